The van der Waals surface area contributed by atoms with Gasteiger partial charge in [0.2, 0.25) is 5.91 Å². The minimum Gasteiger partial charge on any atom is -0.381 e. The molecule has 8 heteroatoms. The number of guanidine groups is 1. The fourth-order valence-corrected chi connectivity index (χ4v) is 4.90. The van der Waals surface area contributed by atoms with Gasteiger partial charge in [0.05, 0.1) is 18.6 Å². The van der Waals surface area contributed by atoms with E-state index >= 15 is 0 Å². The molecule has 2 fully saturated rings. The van der Waals surface area contributed by atoms with Gasteiger partial charge in [-0.2, -0.15) is 11.8 Å². The first-order valence-corrected chi connectivity index (χ1v) is 11.0. The van der Waals surface area contributed by atoms with Crippen molar-refractivity contribution in [3.63, 3.8) is 0 Å². The number of hydrogen-bond donors (Lipinski definition) is 1. The molecule has 2 aliphatic rings. The van der Waals surface area contributed by atoms with Crippen LogP contribution >= 0.6 is 35.7 Å². The van der Waals surface area contributed by atoms with Gasteiger partial charge in [-0.05, 0) is 53.7 Å². The van der Waals surface area contributed by atoms with E-state index in [2.05, 4.69) is 51.1 Å². The van der Waals surface area contributed by atoms with Crippen molar-refractivity contribution in [2.45, 2.75) is 63.8 Å². The van der Waals surface area contributed by atoms with Crippen molar-refractivity contribution in [2.24, 2.45) is 4.99 Å². The summed E-state index contributed by atoms with van der Waals surface area (Å²) >= 11 is 1.90. The molecule has 0 aromatic rings. The second-order valence-corrected chi connectivity index (χ2v) is 9.47. The Morgan fingerprint density at radius 3 is 2.44 bits per heavy atom. The second-order valence-electron chi connectivity index (χ2n) is 8.20. The van der Waals surface area contributed by atoms with Gasteiger partial charge >= 0.3 is 0 Å². The van der Waals surface area contributed by atoms with Gasteiger partial charge in [0.1, 0.15) is 0 Å². The van der Waals surface area contributed by atoms with E-state index in [0.29, 0.717) is 6.54 Å². The molecule has 6 nitrogen and oxygen atoms in total. The number of halogens is 1. The minimum atomic E-state index is -0.213. The molecule has 1 N–H and O–H groups in total. The van der Waals surface area contributed by atoms with Gasteiger partial charge in [-0.3, -0.25) is 9.79 Å². The maximum Gasteiger partial charge on any atom is 0.242 e. The van der Waals surface area contributed by atoms with Gasteiger partial charge < -0.3 is 19.9 Å². The van der Waals surface area contributed by atoms with E-state index < -0.39 is 0 Å². The first-order chi connectivity index (χ1) is 12.2. The van der Waals surface area contributed by atoms with E-state index in [9.17, 15) is 4.79 Å². The second kappa shape index (κ2) is 10.5. The molecule has 0 bridgehead atoms. The molecule has 0 radical (unpaired) electrons. The van der Waals surface area contributed by atoms with Crippen LogP contribution in [0.4, 0.5) is 0 Å². The van der Waals surface area contributed by atoms with Crippen LogP contribution in [0.15, 0.2) is 4.99 Å². The number of carbonyl (C=O) groups is 1. The Kier molecular flexibility index (Phi) is 9.68. The lowest BCUT2D eigenvalue weighted by Gasteiger charge is -2.49. The number of amides is 1. The lowest BCUT2D eigenvalue weighted by Crippen LogP contribution is -2.66. The number of hydrogen-bond acceptors (Lipinski definition) is 4. The maximum absolute atomic E-state index is 12.8. The highest BCUT2D eigenvalue weighted by Crippen LogP contribution is 2.34. The molecule has 0 spiro atoms. The van der Waals surface area contributed by atoms with Crippen LogP contribution in [0.3, 0.4) is 0 Å². The van der Waals surface area contributed by atoms with Crippen molar-refractivity contribution in [3.05, 3.63) is 0 Å². The maximum atomic E-state index is 12.8. The number of carbonyl (C=O) groups excluding carboxylic acids is 1. The third-order valence-corrected chi connectivity index (χ3v) is 6.73. The molecule has 0 aromatic carbocycles. The fourth-order valence-electron chi connectivity index (χ4n) is 4.13. The summed E-state index contributed by atoms with van der Waals surface area (Å²) in [6.07, 6.45) is 4.23. The fraction of sp³-hybridized carbons (Fsp3) is 0.895. The number of rotatable bonds is 5. The summed E-state index contributed by atoms with van der Waals surface area (Å²) < 4.78 is 5.69. The van der Waals surface area contributed by atoms with Gasteiger partial charge in [-0.1, -0.05) is 0 Å². The van der Waals surface area contributed by atoms with Crippen molar-refractivity contribution in [3.8, 4) is 0 Å². The van der Waals surface area contributed by atoms with E-state index in [-0.39, 0.29) is 46.2 Å². The quantitative estimate of drug-likeness (QED) is 0.349. The van der Waals surface area contributed by atoms with Gasteiger partial charge in [-0.25, -0.2) is 0 Å². The summed E-state index contributed by atoms with van der Waals surface area (Å²) in [5.41, 5.74) is -0.213. The van der Waals surface area contributed by atoms with Crippen molar-refractivity contribution in [1.82, 2.24) is 15.1 Å². The lowest BCUT2D eigenvalue weighted by atomic mass is 9.96. The first-order valence-electron chi connectivity index (χ1n) is 9.73. The third-order valence-electron chi connectivity index (χ3n) is 5.33. The summed E-state index contributed by atoms with van der Waals surface area (Å²) in [5.74, 6) is 1.03. The lowest BCUT2D eigenvalue weighted by molar-refractivity contribution is -0.145. The molecule has 1 amide bonds. The van der Waals surface area contributed by atoms with Gasteiger partial charge in [0.25, 0.3) is 0 Å². The highest BCUT2D eigenvalue weighted by Gasteiger charge is 2.41. The number of nitrogens with one attached hydrogen (secondary N) is 1. The minimum absolute atomic E-state index is 0. The van der Waals surface area contributed by atoms with E-state index in [0.717, 1.165) is 51.6 Å². The van der Waals surface area contributed by atoms with Gasteiger partial charge in [-0.15, -0.1) is 24.0 Å². The van der Waals surface area contributed by atoms with Crippen LogP contribution in [0.25, 0.3) is 0 Å². The van der Waals surface area contributed by atoms with Crippen LogP contribution in [0.5, 0.6) is 0 Å². The van der Waals surface area contributed by atoms with E-state index in [1.54, 1.807) is 0 Å². The molecular weight excluding hydrogens is 475 g/mol. The molecule has 0 aliphatic carbocycles. The predicted molar refractivity (Wildman–Crippen MR) is 125 cm³/mol. The number of piperazine rings is 1. The van der Waals surface area contributed by atoms with Crippen LogP contribution in [0.2, 0.25) is 0 Å². The highest BCUT2D eigenvalue weighted by atomic mass is 127. The third kappa shape index (κ3) is 6.13. The summed E-state index contributed by atoms with van der Waals surface area (Å²) in [4.78, 5) is 21.9. The molecule has 27 heavy (non-hydrogen) atoms. The predicted octanol–water partition coefficient (Wildman–Crippen LogP) is 2.81. The zero-order valence-electron chi connectivity index (χ0n) is 17.7. The summed E-state index contributed by atoms with van der Waals surface area (Å²) in [6.45, 7) is 14.9. The zero-order valence-corrected chi connectivity index (χ0v) is 20.9. The Morgan fingerprint density at radius 1 is 1.33 bits per heavy atom. The smallest absolute Gasteiger partial charge is 0.242 e. The largest absolute Gasteiger partial charge is 0.381 e. The van der Waals surface area contributed by atoms with Crippen molar-refractivity contribution in [2.75, 3.05) is 45.6 Å². The Hall–Kier alpha value is -0.220. The standard InChI is InChI=1S/C19H36N4O2S.HI/c1-7-20-17(21-13-19(26-6)8-10-25-11-9-19)22-12-16(24)23(15(2)3)18(4,5)14-22;/h15H,7-14H2,1-6H3,(H,20,21);1H. The van der Waals surface area contributed by atoms with Crippen molar-refractivity contribution < 1.29 is 9.53 Å². The zero-order chi connectivity index (χ0) is 19.4. The molecule has 0 saturated carbocycles. The van der Waals surface area contributed by atoms with Crippen LogP contribution in [0, 0.1) is 0 Å². The Bertz CT molecular complexity index is 522. The van der Waals surface area contributed by atoms with Gasteiger partial charge in [0, 0.05) is 37.1 Å². The van der Waals surface area contributed by atoms with Gasteiger partial charge in [0.15, 0.2) is 5.96 Å². The van der Waals surface area contributed by atoms with Crippen molar-refractivity contribution >= 4 is 47.6 Å². The molecule has 2 aliphatic heterocycles. The van der Waals surface area contributed by atoms with Crippen LogP contribution in [0.1, 0.15) is 47.5 Å². The molecule has 0 atom stereocenters. The number of nitrogens with zero attached hydrogens (tertiary/aromatic N) is 3. The monoisotopic (exact) mass is 512 g/mol. The van der Waals surface area contributed by atoms with Crippen LogP contribution < -0.4 is 5.32 Å². The van der Waals surface area contributed by atoms with E-state index in [1.807, 2.05) is 16.7 Å². The number of aliphatic imine (C=N–C) groups is 1. The van der Waals surface area contributed by atoms with E-state index in [1.165, 1.54) is 0 Å². The molecule has 0 unspecified atom stereocenters. The van der Waals surface area contributed by atoms with Crippen LogP contribution in [-0.2, 0) is 9.53 Å². The topological polar surface area (TPSA) is 57.2 Å². The van der Waals surface area contributed by atoms with Crippen molar-refractivity contribution in [1.29, 1.82) is 0 Å². The summed E-state index contributed by atoms with van der Waals surface area (Å²) in [7, 11) is 0. The first kappa shape index (κ1) is 24.8. The number of ether oxygens (including phenoxy) is 1. The number of thioether (sulfide) groups is 1. The normalized spacial score (nSPS) is 22.6. The van der Waals surface area contributed by atoms with Crippen LogP contribution in [-0.4, -0.2) is 83.6 Å². The highest BCUT2D eigenvalue weighted by molar-refractivity contribution is 14.0. The Morgan fingerprint density at radius 2 is 1.96 bits per heavy atom. The average Bonchev–Trinajstić information content (AvgIpc) is 2.57. The van der Waals surface area contributed by atoms with E-state index in [4.69, 9.17) is 9.73 Å². The SMILES string of the molecule is CCNC(=NCC1(SC)CCOCC1)N1CC(=O)N(C(C)C)C(C)(C)C1.I. The molecule has 2 rings (SSSR count). The molecule has 2 saturated heterocycles. The molecule has 2 heterocycles. The Balaban J connectivity index is 0.00000364. The Labute approximate surface area is 186 Å². The molecule has 158 valence electrons. The summed E-state index contributed by atoms with van der Waals surface area (Å²) in [5, 5.41) is 3.40. The summed E-state index contributed by atoms with van der Waals surface area (Å²) in [6, 6.07) is 0.209. The average molecular weight is 513 g/mol. The molecular formula is C19H37IN4O2S. The molecule has 0 aromatic heterocycles.